The molecule has 110 valence electrons. The highest BCUT2D eigenvalue weighted by molar-refractivity contribution is 8.00. The van der Waals surface area contributed by atoms with Crippen LogP contribution in [0.3, 0.4) is 0 Å². The van der Waals surface area contributed by atoms with Crippen molar-refractivity contribution in [1.82, 2.24) is 4.98 Å². The number of carboxylic acid groups (broad SMARTS) is 2. The second-order valence-corrected chi connectivity index (χ2v) is 5.39. The van der Waals surface area contributed by atoms with Gasteiger partial charge < -0.3 is 10.2 Å². The Kier molecular flexibility index (Phi) is 5.69. The molecule has 0 saturated heterocycles. The summed E-state index contributed by atoms with van der Waals surface area (Å²) >= 11 is 1.27. The van der Waals surface area contributed by atoms with Crippen molar-refractivity contribution in [3.63, 3.8) is 0 Å². The van der Waals surface area contributed by atoms with Crippen molar-refractivity contribution >= 4 is 35.5 Å². The number of carbonyl (C=O) groups is 2. The number of aromatic nitrogens is 1. The van der Waals surface area contributed by atoms with E-state index in [4.69, 9.17) is 10.2 Å². The molecule has 0 aliphatic rings. The van der Waals surface area contributed by atoms with E-state index in [9.17, 15) is 22.8 Å². The first-order valence-corrected chi connectivity index (χ1v) is 6.94. The van der Waals surface area contributed by atoms with Gasteiger partial charge in [0, 0.05) is 0 Å². The van der Waals surface area contributed by atoms with Gasteiger partial charge in [0.05, 0.1) is 27.1 Å². The third kappa shape index (κ3) is 5.70. The average molecular weight is 327 g/mol. The number of hydrogen-bond acceptors (Lipinski definition) is 5. The molecule has 0 saturated carbocycles. The van der Waals surface area contributed by atoms with Gasteiger partial charge in [0.25, 0.3) is 0 Å². The predicted molar refractivity (Wildman–Crippen MR) is 66.0 cm³/mol. The molecule has 2 N–H and O–H groups in total. The Morgan fingerprint density at radius 2 is 1.45 bits per heavy atom. The van der Waals surface area contributed by atoms with Crippen molar-refractivity contribution < 1.29 is 33.0 Å². The van der Waals surface area contributed by atoms with Gasteiger partial charge in [-0.2, -0.15) is 13.2 Å². The number of thioether (sulfide) groups is 2. The molecular weight excluding hydrogens is 319 g/mol. The molecule has 0 amide bonds. The number of pyridine rings is 1. The van der Waals surface area contributed by atoms with Crippen molar-refractivity contribution in [2.75, 3.05) is 11.5 Å². The average Bonchev–Trinajstić information content (AvgIpc) is 2.32. The van der Waals surface area contributed by atoms with Crippen LogP contribution in [0.25, 0.3) is 0 Å². The minimum Gasteiger partial charge on any atom is -0.481 e. The Labute approximate surface area is 119 Å². The summed E-state index contributed by atoms with van der Waals surface area (Å²) in [4.78, 5) is 24.6. The van der Waals surface area contributed by atoms with Crippen LogP contribution in [0.5, 0.6) is 0 Å². The molecule has 0 bridgehead atoms. The summed E-state index contributed by atoms with van der Waals surface area (Å²) in [6.45, 7) is 0. The summed E-state index contributed by atoms with van der Waals surface area (Å²) in [5.74, 6) is -3.24. The number of alkyl halides is 3. The van der Waals surface area contributed by atoms with E-state index in [1.165, 1.54) is 0 Å². The lowest BCUT2D eigenvalue weighted by atomic mass is 10.3. The fraction of sp³-hybridized carbons (Fsp3) is 0.300. The van der Waals surface area contributed by atoms with Crippen molar-refractivity contribution in [3.05, 3.63) is 17.7 Å². The maximum atomic E-state index is 12.7. The molecule has 10 heteroatoms. The van der Waals surface area contributed by atoms with Gasteiger partial charge in [-0.1, -0.05) is 23.5 Å². The molecule has 0 aromatic carbocycles. The largest absolute Gasteiger partial charge is 0.481 e. The Bertz CT molecular complexity index is 485. The Hall–Kier alpha value is -1.42. The van der Waals surface area contributed by atoms with Gasteiger partial charge in [-0.25, -0.2) is 4.98 Å². The van der Waals surface area contributed by atoms with Crippen LogP contribution in [-0.4, -0.2) is 38.6 Å². The minimum absolute atomic E-state index is 0.116. The minimum atomic E-state index is -4.61. The Morgan fingerprint density at radius 1 is 1.05 bits per heavy atom. The lowest BCUT2D eigenvalue weighted by molar-refractivity contribution is -0.138. The first-order valence-electron chi connectivity index (χ1n) is 4.97. The number of aliphatic carboxylic acids is 2. The molecule has 1 heterocycles. The smallest absolute Gasteiger partial charge is 0.416 e. The van der Waals surface area contributed by atoms with Crippen LogP contribution in [0, 0.1) is 0 Å². The van der Waals surface area contributed by atoms with Crippen LogP contribution in [-0.2, 0) is 15.8 Å². The molecule has 0 aliphatic heterocycles. The quantitative estimate of drug-likeness (QED) is 0.776. The van der Waals surface area contributed by atoms with Crippen LogP contribution in [0.2, 0.25) is 0 Å². The van der Waals surface area contributed by atoms with E-state index >= 15 is 0 Å². The summed E-state index contributed by atoms with van der Waals surface area (Å²) in [5.41, 5.74) is -0.992. The number of carboxylic acids is 2. The van der Waals surface area contributed by atoms with E-state index in [0.717, 1.165) is 12.1 Å². The highest BCUT2D eigenvalue weighted by Gasteiger charge is 2.31. The normalized spacial score (nSPS) is 11.3. The van der Waals surface area contributed by atoms with E-state index in [0.29, 0.717) is 23.5 Å². The molecular formula is C10H8F3NO4S2. The van der Waals surface area contributed by atoms with Crippen LogP contribution in [0.15, 0.2) is 22.2 Å². The molecule has 1 aromatic heterocycles. The van der Waals surface area contributed by atoms with Crippen LogP contribution in [0.4, 0.5) is 13.2 Å². The van der Waals surface area contributed by atoms with E-state index < -0.39 is 35.2 Å². The highest BCUT2D eigenvalue weighted by atomic mass is 32.2. The maximum Gasteiger partial charge on any atom is 0.416 e. The number of rotatable bonds is 6. The second-order valence-electron chi connectivity index (χ2n) is 3.39. The molecule has 0 spiro atoms. The predicted octanol–water partition coefficient (Wildman–Crippen LogP) is 2.45. The molecule has 0 radical (unpaired) electrons. The Balaban J connectivity index is 3.01. The molecule has 0 aliphatic carbocycles. The van der Waals surface area contributed by atoms with E-state index in [2.05, 4.69) is 4.98 Å². The van der Waals surface area contributed by atoms with Crippen LogP contribution in [0.1, 0.15) is 5.56 Å². The van der Waals surface area contributed by atoms with Gasteiger partial charge in [-0.3, -0.25) is 9.59 Å². The molecule has 20 heavy (non-hydrogen) atoms. The van der Waals surface area contributed by atoms with Crippen LogP contribution < -0.4 is 0 Å². The summed E-state index contributed by atoms with van der Waals surface area (Å²) < 4.78 is 38.0. The topological polar surface area (TPSA) is 87.5 Å². The van der Waals surface area contributed by atoms with Crippen LogP contribution >= 0.6 is 23.5 Å². The molecule has 0 atom stereocenters. The SMILES string of the molecule is O=C(O)CSc1cc(C(F)(F)F)cc(SCC(=O)O)n1. The van der Waals surface area contributed by atoms with Gasteiger partial charge in [0.1, 0.15) is 0 Å². The molecule has 0 unspecified atom stereocenters. The van der Waals surface area contributed by atoms with Crippen molar-refractivity contribution in [2.24, 2.45) is 0 Å². The zero-order chi connectivity index (χ0) is 15.3. The van der Waals surface area contributed by atoms with E-state index in [-0.39, 0.29) is 10.1 Å². The summed E-state index contributed by atoms with van der Waals surface area (Å²) in [7, 11) is 0. The number of hydrogen-bond donors (Lipinski definition) is 2. The standard InChI is InChI=1S/C10H8F3NO4S2/c11-10(12,13)5-1-6(19-3-8(15)16)14-7(2-5)20-4-9(17)18/h1-2H,3-4H2,(H,15,16)(H,17,18). The van der Waals surface area contributed by atoms with Gasteiger partial charge in [0.15, 0.2) is 0 Å². The van der Waals surface area contributed by atoms with Crippen molar-refractivity contribution in [1.29, 1.82) is 0 Å². The van der Waals surface area contributed by atoms with Gasteiger partial charge in [0.2, 0.25) is 0 Å². The van der Waals surface area contributed by atoms with E-state index in [1.807, 2.05) is 0 Å². The lowest BCUT2D eigenvalue weighted by Gasteiger charge is -2.10. The number of nitrogens with zero attached hydrogens (tertiary/aromatic N) is 1. The molecule has 1 rings (SSSR count). The summed E-state index contributed by atoms with van der Waals surface area (Å²) in [6, 6.07) is 1.47. The second kappa shape index (κ2) is 6.84. The fourth-order valence-electron chi connectivity index (χ4n) is 1.06. The fourth-order valence-corrected chi connectivity index (χ4v) is 2.41. The van der Waals surface area contributed by atoms with Crippen molar-refractivity contribution in [2.45, 2.75) is 16.2 Å². The monoisotopic (exact) mass is 327 g/mol. The van der Waals surface area contributed by atoms with Gasteiger partial charge in [-0.05, 0) is 12.1 Å². The number of halogens is 3. The Morgan fingerprint density at radius 3 is 1.75 bits per heavy atom. The third-order valence-corrected chi connectivity index (χ3v) is 3.59. The molecule has 5 nitrogen and oxygen atoms in total. The summed E-state index contributed by atoms with van der Waals surface area (Å²) in [6.07, 6.45) is -4.61. The third-order valence-electron chi connectivity index (χ3n) is 1.79. The first kappa shape index (κ1) is 16.6. The zero-order valence-electron chi connectivity index (χ0n) is 9.68. The summed E-state index contributed by atoms with van der Waals surface area (Å²) in [5, 5.41) is 16.8. The lowest BCUT2D eigenvalue weighted by Crippen LogP contribution is -2.07. The zero-order valence-corrected chi connectivity index (χ0v) is 11.3. The van der Waals surface area contributed by atoms with Crippen molar-refractivity contribution in [3.8, 4) is 0 Å². The molecule has 0 fully saturated rings. The highest BCUT2D eigenvalue weighted by Crippen LogP contribution is 2.34. The first-order chi connectivity index (χ1) is 9.18. The van der Waals surface area contributed by atoms with Gasteiger partial charge >= 0.3 is 18.1 Å². The maximum absolute atomic E-state index is 12.7. The molecule has 1 aromatic rings. The van der Waals surface area contributed by atoms with E-state index in [1.54, 1.807) is 0 Å². The van der Waals surface area contributed by atoms with Gasteiger partial charge in [-0.15, -0.1) is 0 Å².